The molecular formula is C17H19N3O2. The van der Waals surface area contributed by atoms with Crippen LogP contribution >= 0.6 is 0 Å². The Morgan fingerprint density at radius 3 is 2.59 bits per heavy atom. The Balaban J connectivity index is 1.68. The molecule has 0 radical (unpaired) electrons. The van der Waals surface area contributed by atoms with Gasteiger partial charge >= 0.3 is 11.8 Å². The van der Waals surface area contributed by atoms with Crippen LogP contribution in [0.25, 0.3) is 10.9 Å². The molecule has 114 valence electrons. The lowest BCUT2D eigenvalue weighted by Gasteiger charge is -2.22. The van der Waals surface area contributed by atoms with Crippen molar-refractivity contribution in [2.75, 3.05) is 5.32 Å². The van der Waals surface area contributed by atoms with E-state index in [9.17, 15) is 9.59 Å². The number of hydrogen-bond acceptors (Lipinski definition) is 3. The van der Waals surface area contributed by atoms with Gasteiger partial charge in [0.15, 0.2) is 0 Å². The van der Waals surface area contributed by atoms with Crippen LogP contribution in [-0.2, 0) is 9.59 Å². The summed E-state index contributed by atoms with van der Waals surface area (Å²) in [7, 11) is 0. The first-order valence-corrected chi connectivity index (χ1v) is 7.69. The largest absolute Gasteiger partial charge is 0.345 e. The molecule has 2 aromatic rings. The summed E-state index contributed by atoms with van der Waals surface area (Å²) in [5.41, 5.74) is 1.24. The summed E-state index contributed by atoms with van der Waals surface area (Å²) in [6, 6.07) is 9.38. The molecule has 1 aromatic heterocycles. The molecule has 5 heteroatoms. The molecule has 2 amide bonds. The van der Waals surface area contributed by atoms with Crippen molar-refractivity contribution in [3.8, 4) is 0 Å². The number of anilines is 1. The molecule has 0 bridgehead atoms. The minimum atomic E-state index is -0.635. The van der Waals surface area contributed by atoms with E-state index in [2.05, 4.69) is 15.6 Å². The summed E-state index contributed by atoms with van der Waals surface area (Å²) in [6.07, 6.45) is 7.00. The number of fused-ring (bicyclic) bond motifs is 1. The molecule has 1 saturated carbocycles. The van der Waals surface area contributed by atoms with Gasteiger partial charge in [-0.3, -0.25) is 14.6 Å². The maximum Gasteiger partial charge on any atom is 0.313 e. The molecule has 0 aliphatic heterocycles. The fourth-order valence-corrected chi connectivity index (χ4v) is 2.88. The van der Waals surface area contributed by atoms with Crippen LogP contribution < -0.4 is 10.6 Å². The van der Waals surface area contributed by atoms with Crippen molar-refractivity contribution in [3.05, 3.63) is 36.5 Å². The quantitative estimate of drug-likeness (QED) is 0.837. The van der Waals surface area contributed by atoms with Crippen LogP contribution in [0.2, 0.25) is 0 Å². The Labute approximate surface area is 129 Å². The molecule has 1 aliphatic carbocycles. The number of carbonyl (C=O) groups is 2. The third-order valence-electron chi connectivity index (χ3n) is 4.03. The lowest BCUT2D eigenvalue weighted by Crippen LogP contribution is -2.42. The number of benzene rings is 1. The molecule has 1 aromatic carbocycles. The van der Waals surface area contributed by atoms with Crippen molar-refractivity contribution in [1.82, 2.24) is 10.3 Å². The van der Waals surface area contributed by atoms with Crippen molar-refractivity contribution in [3.63, 3.8) is 0 Å². The zero-order valence-corrected chi connectivity index (χ0v) is 12.3. The molecule has 0 unspecified atom stereocenters. The zero-order valence-electron chi connectivity index (χ0n) is 12.3. The maximum absolute atomic E-state index is 12.1. The Kier molecular flexibility index (Phi) is 4.32. The van der Waals surface area contributed by atoms with Gasteiger partial charge in [-0.2, -0.15) is 0 Å². The summed E-state index contributed by atoms with van der Waals surface area (Å²) < 4.78 is 0. The smallest absolute Gasteiger partial charge is 0.313 e. The number of aromatic nitrogens is 1. The molecular weight excluding hydrogens is 278 g/mol. The molecule has 5 nitrogen and oxygen atoms in total. The summed E-state index contributed by atoms with van der Waals surface area (Å²) in [4.78, 5) is 28.3. The molecule has 0 saturated heterocycles. The van der Waals surface area contributed by atoms with E-state index >= 15 is 0 Å². The van der Waals surface area contributed by atoms with Crippen LogP contribution in [0.1, 0.15) is 32.1 Å². The number of amides is 2. The van der Waals surface area contributed by atoms with Crippen molar-refractivity contribution in [1.29, 1.82) is 0 Å². The molecule has 0 atom stereocenters. The first-order chi connectivity index (χ1) is 10.7. The summed E-state index contributed by atoms with van der Waals surface area (Å²) in [6.45, 7) is 0. The fourth-order valence-electron chi connectivity index (χ4n) is 2.88. The van der Waals surface area contributed by atoms with E-state index in [-0.39, 0.29) is 6.04 Å². The Bertz CT molecular complexity index is 688. The highest BCUT2D eigenvalue weighted by molar-refractivity contribution is 6.40. The number of nitrogens with zero attached hydrogens (tertiary/aromatic N) is 1. The van der Waals surface area contributed by atoms with Gasteiger partial charge in [-0.25, -0.2) is 0 Å². The van der Waals surface area contributed by atoms with Gasteiger partial charge in [0, 0.05) is 17.6 Å². The van der Waals surface area contributed by atoms with E-state index in [1.54, 1.807) is 12.3 Å². The van der Waals surface area contributed by atoms with Gasteiger partial charge in [-0.05, 0) is 25.0 Å². The number of carbonyl (C=O) groups excluding carboxylic acids is 2. The van der Waals surface area contributed by atoms with E-state index in [0.717, 1.165) is 31.1 Å². The Morgan fingerprint density at radius 1 is 1.00 bits per heavy atom. The predicted octanol–water partition coefficient (Wildman–Crippen LogP) is 2.62. The highest BCUT2D eigenvalue weighted by Crippen LogP contribution is 2.21. The summed E-state index contributed by atoms with van der Waals surface area (Å²) in [5.74, 6) is -1.21. The van der Waals surface area contributed by atoms with Crippen LogP contribution in [0, 0.1) is 0 Å². The molecule has 1 heterocycles. The van der Waals surface area contributed by atoms with Crippen LogP contribution in [0.15, 0.2) is 36.5 Å². The van der Waals surface area contributed by atoms with E-state index in [1.807, 2.05) is 24.3 Å². The third kappa shape index (κ3) is 3.24. The van der Waals surface area contributed by atoms with E-state index in [4.69, 9.17) is 0 Å². The maximum atomic E-state index is 12.1. The number of nitrogens with one attached hydrogen (secondary N) is 2. The minimum absolute atomic E-state index is 0.123. The van der Waals surface area contributed by atoms with Crippen molar-refractivity contribution < 1.29 is 9.59 Å². The van der Waals surface area contributed by atoms with Gasteiger partial charge < -0.3 is 10.6 Å². The topological polar surface area (TPSA) is 71.1 Å². The van der Waals surface area contributed by atoms with Crippen molar-refractivity contribution in [2.45, 2.75) is 38.1 Å². The lowest BCUT2D eigenvalue weighted by molar-refractivity contribution is -0.136. The minimum Gasteiger partial charge on any atom is -0.345 e. The number of pyridine rings is 1. The first kappa shape index (κ1) is 14.5. The Hall–Kier alpha value is -2.43. The number of para-hydroxylation sites is 1. The van der Waals surface area contributed by atoms with Crippen LogP contribution in [0.4, 0.5) is 5.69 Å². The molecule has 1 fully saturated rings. The standard InChI is InChI=1S/C17H19N3O2/c21-16(19-13-8-2-1-3-9-13)17(22)20-14-10-4-6-12-7-5-11-18-15(12)14/h4-7,10-11,13H,1-3,8-9H2,(H,19,21)(H,20,22). The van der Waals surface area contributed by atoms with Gasteiger partial charge in [0.2, 0.25) is 0 Å². The highest BCUT2D eigenvalue weighted by atomic mass is 16.2. The fraction of sp³-hybridized carbons (Fsp3) is 0.353. The number of rotatable bonds is 2. The second-order valence-corrected chi connectivity index (χ2v) is 5.64. The number of hydrogen-bond donors (Lipinski definition) is 2. The van der Waals surface area contributed by atoms with E-state index in [0.29, 0.717) is 11.2 Å². The van der Waals surface area contributed by atoms with Crippen LogP contribution in [0.5, 0.6) is 0 Å². The third-order valence-corrected chi connectivity index (χ3v) is 4.03. The second-order valence-electron chi connectivity index (χ2n) is 5.64. The molecule has 2 N–H and O–H groups in total. The molecule has 22 heavy (non-hydrogen) atoms. The van der Waals surface area contributed by atoms with E-state index < -0.39 is 11.8 Å². The normalized spacial score (nSPS) is 15.5. The van der Waals surface area contributed by atoms with E-state index in [1.165, 1.54) is 6.42 Å². The summed E-state index contributed by atoms with van der Waals surface area (Å²) >= 11 is 0. The average Bonchev–Trinajstić information content (AvgIpc) is 2.56. The van der Waals surface area contributed by atoms with Gasteiger partial charge in [0.05, 0.1) is 11.2 Å². The second kappa shape index (κ2) is 6.56. The van der Waals surface area contributed by atoms with Gasteiger partial charge in [0.1, 0.15) is 0 Å². The van der Waals surface area contributed by atoms with Gasteiger partial charge in [0.25, 0.3) is 0 Å². The first-order valence-electron chi connectivity index (χ1n) is 7.69. The van der Waals surface area contributed by atoms with Crippen LogP contribution in [0.3, 0.4) is 0 Å². The zero-order chi connectivity index (χ0) is 15.4. The Morgan fingerprint density at radius 2 is 1.77 bits per heavy atom. The molecule has 1 aliphatic rings. The van der Waals surface area contributed by atoms with Crippen molar-refractivity contribution >= 4 is 28.4 Å². The van der Waals surface area contributed by atoms with Gasteiger partial charge in [-0.1, -0.05) is 37.5 Å². The summed E-state index contributed by atoms with van der Waals surface area (Å²) in [5, 5.41) is 6.40. The molecule has 0 spiro atoms. The predicted molar refractivity (Wildman–Crippen MR) is 85.4 cm³/mol. The van der Waals surface area contributed by atoms with Crippen LogP contribution in [-0.4, -0.2) is 22.8 Å². The monoisotopic (exact) mass is 297 g/mol. The average molecular weight is 297 g/mol. The van der Waals surface area contributed by atoms with Gasteiger partial charge in [-0.15, -0.1) is 0 Å². The SMILES string of the molecule is O=C(Nc1cccc2cccnc12)C(=O)NC1CCCCC1. The van der Waals surface area contributed by atoms with Crippen molar-refractivity contribution in [2.24, 2.45) is 0 Å². The highest BCUT2D eigenvalue weighted by Gasteiger charge is 2.20. The lowest BCUT2D eigenvalue weighted by atomic mass is 9.95. The molecule has 3 rings (SSSR count).